The smallest absolute Gasteiger partial charge is 0.00361 e. The average molecular weight is 213 g/mol. The summed E-state index contributed by atoms with van der Waals surface area (Å²) < 4.78 is 0. The van der Waals surface area contributed by atoms with Crippen molar-refractivity contribution in [1.29, 1.82) is 0 Å². The van der Waals surface area contributed by atoms with Crippen LogP contribution in [0, 0.1) is 17.8 Å². The Morgan fingerprint density at radius 1 is 1.07 bits per heavy atom. The summed E-state index contributed by atoms with van der Waals surface area (Å²) in [5.41, 5.74) is 5.92. The van der Waals surface area contributed by atoms with Crippen LogP contribution in [-0.4, -0.2) is 18.1 Å². The van der Waals surface area contributed by atoms with Gasteiger partial charge in [-0.25, -0.2) is 0 Å². The number of rotatable bonds is 2. The Balaban J connectivity index is 1.96. The zero-order valence-corrected chi connectivity index (χ0v) is 9.90. The lowest BCUT2D eigenvalue weighted by Gasteiger charge is -2.28. The van der Waals surface area contributed by atoms with E-state index < -0.39 is 0 Å². The van der Waals surface area contributed by atoms with Crippen molar-refractivity contribution in [3.05, 3.63) is 0 Å². The van der Waals surface area contributed by atoms with Gasteiger partial charge in [-0.1, -0.05) is 19.3 Å². The van der Waals surface area contributed by atoms with Crippen LogP contribution in [0.25, 0.3) is 0 Å². The fourth-order valence-corrected chi connectivity index (χ4v) is 4.57. The molecule has 0 aromatic heterocycles. The molecular formula is C12H23NS. The largest absolute Gasteiger partial charge is 0.330 e. The Kier molecular flexibility index (Phi) is 4.18. The summed E-state index contributed by atoms with van der Waals surface area (Å²) >= 11 is 2.15. The van der Waals surface area contributed by atoms with E-state index in [0.717, 1.165) is 24.3 Å². The number of thioether (sulfide) groups is 1. The predicted molar refractivity (Wildman–Crippen MR) is 64.6 cm³/mol. The highest BCUT2D eigenvalue weighted by Gasteiger charge is 2.31. The lowest BCUT2D eigenvalue weighted by molar-refractivity contribution is 0.234. The van der Waals surface area contributed by atoms with Crippen molar-refractivity contribution >= 4 is 11.8 Å². The number of hydrogen-bond donors (Lipinski definition) is 1. The van der Waals surface area contributed by atoms with Gasteiger partial charge in [0.1, 0.15) is 0 Å². The molecule has 0 bridgehead atoms. The van der Waals surface area contributed by atoms with Gasteiger partial charge in [0.05, 0.1) is 0 Å². The zero-order valence-electron chi connectivity index (χ0n) is 9.08. The maximum atomic E-state index is 5.92. The van der Waals surface area contributed by atoms with Gasteiger partial charge in [-0.3, -0.25) is 0 Å². The molecule has 0 aromatic rings. The number of nitrogens with two attached hydrogens (primary N) is 1. The first-order valence-electron chi connectivity index (χ1n) is 6.19. The summed E-state index contributed by atoms with van der Waals surface area (Å²) in [4.78, 5) is 0. The van der Waals surface area contributed by atoms with Gasteiger partial charge in [-0.2, -0.15) is 11.8 Å². The molecule has 2 N–H and O–H groups in total. The van der Waals surface area contributed by atoms with Gasteiger partial charge < -0.3 is 5.73 Å². The van der Waals surface area contributed by atoms with E-state index in [1.807, 2.05) is 0 Å². The van der Waals surface area contributed by atoms with Gasteiger partial charge in [-0.15, -0.1) is 0 Å². The molecule has 2 fully saturated rings. The van der Waals surface area contributed by atoms with Crippen LogP contribution in [0.2, 0.25) is 0 Å². The first-order valence-corrected chi connectivity index (χ1v) is 7.35. The van der Waals surface area contributed by atoms with Gasteiger partial charge in [0.2, 0.25) is 0 Å². The molecule has 0 radical (unpaired) electrons. The normalized spacial score (nSPS) is 39.6. The topological polar surface area (TPSA) is 26.0 Å². The molecule has 2 aliphatic rings. The molecule has 0 amide bonds. The van der Waals surface area contributed by atoms with Gasteiger partial charge in [0.25, 0.3) is 0 Å². The Hall–Kier alpha value is 0.310. The molecule has 0 aromatic carbocycles. The van der Waals surface area contributed by atoms with Crippen molar-refractivity contribution in [3.63, 3.8) is 0 Å². The first kappa shape index (κ1) is 10.8. The summed E-state index contributed by atoms with van der Waals surface area (Å²) in [5, 5.41) is 0. The molecule has 2 heteroatoms. The predicted octanol–water partition coefficient (Wildman–Crippen LogP) is 2.89. The molecule has 1 aliphatic heterocycles. The molecule has 1 aliphatic carbocycles. The Morgan fingerprint density at radius 3 is 2.64 bits per heavy atom. The maximum absolute atomic E-state index is 5.92. The molecule has 14 heavy (non-hydrogen) atoms. The third-order valence-electron chi connectivity index (χ3n) is 4.09. The number of hydrogen-bond acceptors (Lipinski definition) is 2. The molecule has 3 atom stereocenters. The van der Waals surface area contributed by atoms with E-state index in [4.69, 9.17) is 5.73 Å². The van der Waals surface area contributed by atoms with Crippen LogP contribution in [0.4, 0.5) is 0 Å². The van der Waals surface area contributed by atoms with Gasteiger partial charge in [0, 0.05) is 0 Å². The van der Waals surface area contributed by atoms with E-state index in [2.05, 4.69) is 11.8 Å². The highest BCUT2D eigenvalue weighted by molar-refractivity contribution is 7.99. The van der Waals surface area contributed by atoms with Crippen molar-refractivity contribution in [2.24, 2.45) is 23.5 Å². The van der Waals surface area contributed by atoms with Crippen molar-refractivity contribution in [1.82, 2.24) is 0 Å². The minimum absolute atomic E-state index is 0.848. The van der Waals surface area contributed by atoms with Crippen LogP contribution in [0.5, 0.6) is 0 Å². The van der Waals surface area contributed by atoms with Crippen LogP contribution < -0.4 is 5.73 Å². The summed E-state index contributed by atoms with van der Waals surface area (Å²) in [7, 11) is 0. The summed E-state index contributed by atoms with van der Waals surface area (Å²) in [6.07, 6.45) is 8.68. The SMILES string of the molecule is NCC1CCCCCC1C1CCSC1. The van der Waals surface area contributed by atoms with E-state index in [1.54, 1.807) is 0 Å². The molecule has 1 saturated carbocycles. The molecule has 82 valence electrons. The lowest BCUT2D eigenvalue weighted by atomic mass is 9.78. The average Bonchev–Trinajstić information content (AvgIpc) is 2.63. The van der Waals surface area contributed by atoms with Crippen molar-refractivity contribution in [2.45, 2.75) is 38.5 Å². The van der Waals surface area contributed by atoms with Gasteiger partial charge in [-0.05, 0) is 55.1 Å². The Morgan fingerprint density at radius 2 is 1.93 bits per heavy atom. The highest BCUT2D eigenvalue weighted by Crippen LogP contribution is 2.39. The summed E-state index contributed by atoms with van der Waals surface area (Å²) in [5.74, 6) is 5.64. The summed E-state index contributed by atoms with van der Waals surface area (Å²) in [6, 6.07) is 0. The van der Waals surface area contributed by atoms with E-state index in [9.17, 15) is 0 Å². The quantitative estimate of drug-likeness (QED) is 0.714. The first-order chi connectivity index (χ1) is 6.92. The van der Waals surface area contributed by atoms with Crippen LogP contribution >= 0.6 is 11.8 Å². The second-order valence-electron chi connectivity index (χ2n) is 4.92. The van der Waals surface area contributed by atoms with Crippen molar-refractivity contribution in [2.75, 3.05) is 18.1 Å². The van der Waals surface area contributed by atoms with Crippen LogP contribution in [0.15, 0.2) is 0 Å². The van der Waals surface area contributed by atoms with Gasteiger partial charge >= 0.3 is 0 Å². The highest BCUT2D eigenvalue weighted by atomic mass is 32.2. The zero-order chi connectivity index (χ0) is 9.80. The minimum Gasteiger partial charge on any atom is -0.330 e. The van der Waals surface area contributed by atoms with E-state index >= 15 is 0 Å². The fraction of sp³-hybridized carbons (Fsp3) is 1.00. The standard InChI is InChI=1S/C12H23NS/c13-8-10-4-2-1-3-5-12(10)11-6-7-14-9-11/h10-12H,1-9,13H2. The molecule has 2 rings (SSSR count). The molecule has 3 unspecified atom stereocenters. The van der Waals surface area contributed by atoms with Gasteiger partial charge in [0.15, 0.2) is 0 Å². The molecule has 1 saturated heterocycles. The maximum Gasteiger partial charge on any atom is -0.00361 e. The van der Waals surface area contributed by atoms with Crippen LogP contribution in [0.3, 0.4) is 0 Å². The van der Waals surface area contributed by atoms with Crippen LogP contribution in [-0.2, 0) is 0 Å². The lowest BCUT2D eigenvalue weighted by Crippen LogP contribution is -2.28. The molecular weight excluding hydrogens is 190 g/mol. The second kappa shape index (κ2) is 5.41. The Labute approximate surface area is 92.2 Å². The van der Waals surface area contributed by atoms with Crippen molar-refractivity contribution in [3.8, 4) is 0 Å². The van der Waals surface area contributed by atoms with E-state index in [-0.39, 0.29) is 0 Å². The fourth-order valence-electron chi connectivity index (χ4n) is 3.22. The molecule has 1 heterocycles. The third kappa shape index (κ3) is 2.46. The van der Waals surface area contributed by atoms with E-state index in [1.165, 1.54) is 50.0 Å². The Bertz CT molecular complexity index is 166. The molecule has 0 spiro atoms. The van der Waals surface area contributed by atoms with Crippen LogP contribution in [0.1, 0.15) is 38.5 Å². The monoisotopic (exact) mass is 213 g/mol. The van der Waals surface area contributed by atoms with E-state index in [0.29, 0.717) is 0 Å². The third-order valence-corrected chi connectivity index (χ3v) is 5.28. The second-order valence-corrected chi connectivity index (χ2v) is 6.07. The summed E-state index contributed by atoms with van der Waals surface area (Å²) in [6.45, 7) is 0.936. The minimum atomic E-state index is 0.848. The molecule has 1 nitrogen and oxygen atoms in total. The van der Waals surface area contributed by atoms with Crippen molar-refractivity contribution < 1.29 is 0 Å².